The van der Waals surface area contributed by atoms with E-state index in [-0.39, 0.29) is 24.4 Å². The van der Waals surface area contributed by atoms with E-state index >= 15 is 0 Å². The minimum absolute atomic E-state index is 0.00970. The molecule has 12 nitrogen and oxygen atoms in total. The van der Waals surface area contributed by atoms with Gasteiger partial charge in [-0.15, -0.1) is 0 Å². The van der Waals surface area contributed by atoms with Gasteiger partial charge in [0, 0.05) is 12.8 Å². The summed E-state index contributed by atoms with van der Waals surface area (Å²) < 4.78 is 37.4. The van der Waals surface area contributed by atoms with Crippen molar-refractivity contribution in [1.29, 1.82) is 0 Å². The Bertz CT molecular complexity index is 2070. The number of aliphatic hydroxyl groups excluding tert-OH is 1. The van der Waals surface area contributed by atoms with Crippen LogP contribution in [0.25, 0.3) is 0 Å². The SMILES string of the molecule is CCCO[C@H]1[C@H](O)[C@@H](COC(c2ccccc2)(c2ccc(OC)cc2)c2ccc(OC)cc2)O[C@H]1n1ccc(NC(=O)COc2ccc(C(C)(C)C)cc2)nc1=O. The molecule has 1 aliphatic heterocycles. The van der Waals surface area contributed by atoms with Crippen LogP contribution in [0.3, 0.4) is 0 Å². The molecule has 0 saturated carbocycles. The number of aromatic nitrogens is 2. The Balaban J connectivity index is 1.23. The Morgan fingerprint density at radius 2 is 1.37 bits per heavy atom. The van der Waals surface area contributed by atoms with Crippen molar-refractivity contribution >= 4 is 11.7 Å². The van der Waals surface area contributed by atoms with Gasteiger partial charge in [-0.05, 0) is 76.6 Å². The van der Waals surface area contributed by atoms with Crippen LogP contribution in [0.15, 0.2) is 120 Å². The molecule has 5 aromatic rings. The van der Waals surface area contributed by atoms with Crippen molar-refractivity contribution in [2.24, 2.45) is 0 Å². The third-order valence-electron chi connectivity index (χ3n) is 9.93. The topological polar surface area (TPSA) is 140 Å². The monoisotopic (exact) mass is 777 g/mol. The smallest absolute Gasteiger partial charge is 0.351 e. The minimum Gasteiger partial charge on any atom is -0.497 e. The fraction of sp³-hybridized carbons (Fsp3) is 0.356. The standard InChI is InChI=1S/C45H51N3O9/c1-7-27-54-41-40(50)37(57-42(41)48-26-25-38(47-43(48)51)46-39(49)29-55-36-23-13-30(14-24-36)44(2,3)4)28-56-45(31-11-9-8-10-12-31,32-15-19-34(52-5)20-16-32)33-17-21-35(53-6)22-18-33/h8-26,37,40-42,50H,7,27-29H2,1-6H3,(H,46,47,49,51)/t37-,40-,41+,42-/m1/s1. The number of rotatable bonds is 16. The van der Waals surface area contributed by atoms with Crippen LogP contribution in [0.2, 0.25) is 0 Å². The molecule has 6 rings (SSSR count). The first-order valence-electron chi connectivity index (χ1n) is 19.0. The average Bonchev–Trinajstić information content (AvgIpc) is 3.53. The Morgan fingerprint density at radius 3 is 1.91 bits per heavy atom. The molecular weight excluding hydrogens is 727 g/mol. The molecule has 4 atom stereocenters. The average molecular weight is 778 g/mol. The summed E-state index contributed by atoms with van der Waals surface area (Å²) in [6, 6.07) is 34.1. The van der Waals surface area contributed by atoms with E-state index < -0.39 is 41.7 Å². The number of benzene rings is 4. The largest absolute Gasteiger partial charge is 0.497 e. The van der Waals surface area contributed by atoms with E-state index in [0.29, 0.717) is 30.3 Å². The van der Waals surface area contributed by atoms with E-state index in [4.69, 9.17) is 28.4 Å². The first-order valence-corrected chi connectivity index (χ1v) is 19.0. The summed E-state index contributed by atoms with van der Waals surface area (Å²) in [4.78, 5) is 30.4. The van der Waals surface area contributed by atoms with Crippen LogP contribution in [0.4, 0.5) is 5.82 Å². The van der Waals surface area contributed by atoms with E-state index in [1.807, 2.05) is 110 Å². The highest BCUT2D eigenvalue weighted by atomic mass is 16.6. The predicted molar refractivity (Wildman–Crippen MR) is 216 cm³/mol. The van der Waals surface area contributed by atoms with Crippen LogP contribution in [0.5, 0.6) is 17.2 Å². The maximum Gasteiger partial charge on any atom is 0.351 e. The maximum atomic E-state index is 13.5. The summed E-state index contributed by atoms with van der Waals surface area (Å²) in [7, 11) is 3.22. The van der Waals surface area contributed by atoms with Crippen LogP contribution >= 0.6 is 0 Å². The molecule has 300 valence electrons. The fourth-order valence-corrected chi connectivity index (χ4v) is 6.85. The van der Waals surface area contributed by atoms with Gasteiger partial charge in [-0.3, -0.25) is 9.36 Å². The lowest BCUT2D eigenvalue weighted by Crippen LogP contribution is -2.40. The maximum absolute atomic E-state index is 13.5. The van der Waals surface area contributed by atoms with Gasteiger partial charge in [0.25, 0.3) is 5.91 Å². The van der Waals surface area contributed by atoms with E-state index in [1.165, 1.54) is 16.8 Å². The summed E-state index contributed by atoms with van der Waals surface area (Å²) in [5, 5.41) is 14.4. The second kappa shape index (κ2) is 18.2. The van der Waals surface area contributed by atoms with Gasteiger partial charge in [-0.25, -0.2) is 4.79 Å². The van der Waals surface area contributed by atoms with Crippen molar-refractivity contribution in [1.82, 2.24) is 9.55 Å². The number of carbonyl (C=O) groups excluding carboxylic acids is 1. The van der Waals surface area contributed by atoms with Gasteiger partial charge < -0.3 is 38.8 Å². The molecule has 0 spiro atoms. The van der Waals surface area contributed by atoms with Crippen molar-refractivity contribution < 1.29 is 38.3 Å². The van der Waals surface area contributed by atoms with Gasteiger partial charge >= 0.3 is 5.69 Å². The molecule has 1 fully saturated rings. The van der Waals surface area contributed by atoms with Crippen molar-refractivity contribution in [2.45, 2.75) is 69.7 Å². The molecular formula is C45H51N3O9. The number of hydrogen-bond donors (Lipinski definition) is 2. The zero-order chi connectivity index (χ0) is 40.6. The molecule has 57 heavy (non-hydrogen) atoms. The Morgan fingerprint density at radius 1 is 0.807 bits per heavy atom. The van der Waals surface area contributed by atoms with E-state index in [2.05, 4.69) is 31.1 Å². The minimum atomic E-state index is -1.18. The summed E-state index contributed by atoms with van der Waals surface area (Å²) in [5.41, 5.74) is 1.72. The van der Waals surface area contributed by atoms with E-state index in [1.54, 1.807) is 14.2 Å². The summed E-state index contributed by atoms with van der Waals surface area (Å²) >= 11 is 0. The van der Waals surface area contributed by atoms with Crippen LogP contribution in [-0.2, 0) is 30.0 Å². The van der Waals surface area contributed by atoms with E-state index in [0.717, 1.165) is 22.3 Å². The van der Waals surface area contributed by atoms with Crippen molar-refractivity contribution in [3.05, 3.63) is 148 Å². The zero-order valence-electron chi connectivity index (χ0n) is 33.2. The number of nitrogens with one attached hydrogen (secondary N) is 1. The number of methoxy groups -OCH3 is 2. The predicted octanol–water partition coefficient (Wildman–Crippen LogP) is 6.64. The Kier molecular flexibility index (Phi) is 13.1. The summed E-state index contributed by atoms with van der Waals surface area (Å²) in [5.74, 6) is 1.48. The number of nitrogens with zero attached hydrogens (tertiary/aromatic N) is 2. The van der Waals surface area contributed by atoms with Crippen LogP contribution < -0.4 is 25.2 Å². The van der Waals surface area contributed by atoms with Gasteiger partial charge in [0.1, 0.15) is 47.0 Å². The molecule has 2 N–H and O–H groups in total. The second-order valence-corrected chi connectivity index (χ2v) is 14.8. The molecule has 2 heterocycles. The Hall–Kier alpha value is -5.53. The van der Waals surface area contributed by atoms with Gasteiger partial charge in [0.15, 0.2) is 12.8 Å². The molecule has 4 aromatic carbocycles. The normalized spacial score (nSPS) is 18.2. The Labute approximate surface area is 333 Å². The quantitative estimate of drug-likeness (QED) is 0.105. The number of ether oxygens (including phenoxy) is 6. The fourth-order valence-electron chi connectivity index (χ4n) is 6.85. The molecule has 1 aliphatic rings. The van der Waals surface area contributed by atoms with Gasteiger partial charge in [-0.2, -0.15) is 4.98 Å². The third kappa shape index (κ3) is 9.37. The molecule has 0 unspecified atom stereocenters. The lowest BCUT2D eigenvalue weighted by molar-refractivity contribution is -0.118. The molecule has 12 heteroatoms. The lowest BCUT2D eigenvalue weighted by Gasteiger charge is -2.37. The number of amides is 1. The molecule has 0 radical (unpaired) electrons. The van der Waals surface area contributed by atoms with Crippen LogP contribution in [0.1, 0.15) is 62.6 Å². The van der Waals surface area contributed by atoms with Gasteiger partial charge in [0.05, 0.1) is 20.8 Å². The number of aliphatic hydroxyl groups is 1. The summed E-state index contributed by atoms with van der Waals surface area (Å²) in [6.07, 6.45) is -1.94. The van der Waals surface area contributed by atoms with Crippen molar-refractivity contribution in [2.75, 3.05) is 39.4 Å². The van der Waals surface area contributed by atoms with Gasteiger partial charge in [-0.1, -0.05) is 94.4 Å². The van der Waals surface area contributed by atoms with Crippen molar-refractivity contribution in [3.8, 4) is 17.2 Å². The molecule has 0 aliphatic carbocycles. The van der Waals surface area contributed by atoms with Crippen LogP contribution in [0, 0.1) is 0 Å². The second-order valence-electron chi connectivity index (χ2n) is 14.8. The van der Waals surface area contributed by atoms with Gasteiger partial charge in [0.2, 0.25) is 0 Å². The highest BCUT2D eigenvalue weighted by molar-refractivity contribution is 5.90. The first-order chi connectivity index (χ1) is 27.5. The lowest BCUT2D eigenvalue weighted by atomic mass is 9.80. The zero-order valence-corrected chi connectivity index (χ0v) is 33.2. The van der Waals surface area contributed by atoms with Crippen molar-refractivity contribution in [3.63, 3.8) is 0 Å². The number of carbonyl (C=O) groups is 1. The highest BCUT2D eigenvalue weighted by Gasteiger charge is 2.48. The van der Waals surface area contributed by atoms with E-state index in [9.17, 15) is 14.7 Å². The number of anilines is 1. The summed E-state index contributed by atoms with van der Waals surface area (Å²) in [6.45, 7) is 8.26. The van der Waals surface area contributed by atoms with Crippen LogP contribution in [-0.4, -0.2) is 72.9 Å². The molecule has 0 bridgehead atoms. The number of hydrogen-bond acceptors (Lipinski definition) is 10. The molecule has 1 amide bonds. The highest BCUT2D eigenvalue weighted by Crippen LogP contribution is 2.43. The molecule has 1 aromatic heterocycles. The first kappa shape index (κ1) is 41.1. The third-order valence-corrected chi connectivity index (χ3v) is 9.93. The molecule has 1 saturated heterocycles.